The summed E-state index contributed by atoms with van der Waals surface area (Å²) in [5, 5.41) is 0. The third-order valence-corrected chi connectivity index (χ3v) is 2.98. The van der Waals surface area contributed by atoms with Crippen molar-refractivity contribution < 1.29 is 0 Å². The molecule has 0 aliphatic heterocycles. The molecule has 4 nitrogen and oxygen atoms in total. The number of likely N-dealkylation sites (N-methyl/N-ethyl adjacent to an activating group) is 1. The number of rotatable bonds is 4. The first-order valence-corrected chi connectivity index (χ1v) is 6.06. The van der Waals surface area contributed by atoms with Crippen LogP contribution in [0.15, 0.2) is 41.3 Å². The molecule has 0 saturated carbocycles. The molecule has 96 valence electrons. The Labute approximate surface area is 107 Å². The van der Waals surface area contributed by atoms with Crippen molar-refractivity contribution >= 4 is 0 Å². The first-order chi connectivity index (χ1) is 8.59. The van der Waals surface area contributed by atoms with E-state index < -0.39 is 0 Å². The van der Waals surface area contributed by atoms with Gasteiger partial charge >= 0.3 is 5.69 Å². The van der Waals surface area contributed by atoms with Gasteiger partial charge in [-0.2, -0.15) is 0 Å². The van der Waals surface area contributed by atoms with Crippen LogP contribution in [-0.4, -0.2) is 34.7 Å². The first kappa shape index (κ1) is 12.6. The van der Waals surface area contributed by atoms with Crippen LogP contribution < -0.4 is 5.69 Å². The lowest BCUT2D eigenvalue weighted by molar-refractivity contribution is 0.381. The molecule has 0 unspecified atom stereocenters. The molecule has 1 heterocycles. The second-order valence-electron chi connectivity index (χ2n) is 4.73. The van der Waals surface area contributed by atoms with Crippen molar-refractivity contribution in [3.05, 3.63) is 47.0 Å². The van der Waals surface area contributed by atoms with Crippen LogP contribution in [0.1, 0.15) is 0 Å². The summed E-state index contributed by atoms with van der Waals surface area (Å²) in [7, 11) is 5.81. The molecule has 2 aromatic rings. The predicted molar refractivity (Wildman–Crippen MR) is 73.7 cm³/mol. The summed E-state index contributed by atoms with van der Waals surface area (Å²) in [6.07, 6.45) is 1.90. The van der Waals surface area contributed by atoms with Crippen molar-refractivity contribution in [1.29, 1.82) is 0 Å². The highest BCUT2D eigenvalue weighted by Gasteiger charge is 2.10. The quantitative estimate of drug-likeness (QED) is 0.815. The average molecular weight is 245 g/mol. The van der Waals surface area contributed by atoms with E-state index >= 15 is 0 Å². The van der Waals surface area contributed by atoms with Gasteiger partial charge in [0.15, 0.2) is 0 Å². The molecule has 1 aromatic heterocycles. The lowest BCUT2D eigenvalue weighted by atomic mass is 10.2. The second kappa shape index (κ2) is 5.23. The van der Waals surface area contributed by atoms with Crippen LogP contribution in [0.5, 0.6) is 0 Å². The molecule has 1 aromatic carbocycles. The smallest absolute Gasteiger partial charge is 0.308 e. The van der Waals surface area contributed by atoms with Crippen LogP contribution in [0.25, 0.3) is 11.3 Å². The Kier molecular flexibility index (Phi) is 3.67. The maximum Gasteiger partial charge on any atom is 0.328 e. The van der Waals surface area contributed by atoms with Crippen LogP contribution >= 0.6 is 0 Å². The predicted octanol–water partition coefficient (Wildman–Crippen LogP) is 1.42. The van der Waals surface area contributed by atoms with E-state index in [0.717, 1.165) is 17.8 Å². The molecular formula is C14H19N3O. The highest BCUT2D eigenvalue weighted by Crippen LogP contribution is 2.17. The van der Waals surface area contributed by atoms with Crippen LogP contribution in [0.4, 0.5) is 0 Å². The van der Waals surface area contributed by atoms with Gasteiger partial charge in [-0.1, -0.05) is 30.3 Å². The molecule has 2 rings (SSSR count). The number of imidazole rings is 1. The number of hydrogen-bond donors (Lipinski definition) is 0. The second-order valence-corrected chi connectivity index (χ2v) is 4.73. The van der Waals surface area contributed by atoms with Gasteiger partial charge in [-0.05, 0) is 19.7 Å². The molecule has 0 bridgehead atoms. The maximum atomic E-state index is 12.1. The van der Waals surface area contributed by atoms with E-state index in [1.807, 2.05) is 55.2 Å². The number of aromatic nitrogens is 2. The monoisotopic (exact) mass is 245 g/mol. The Morgan fingerprint density at radius 2 is 1.83 bits per heavy atom. The average Bonchev–Trinajstić information content (AvgIpc) is 2.64. The highest BCUT2D eigenvalue weighted by atomic mass is 16.1. The van der Waals surface area contributed by atoms with Gasteiger partial charge in [-0.15, -0.1) is 0 Å². The van der Waals surface area contributed by atoms with Gasteiger partial charge < -0.3 is 9.47 Å². The molecule has 0 aliphatic rings. The molecule has 0 fully saturated rings. The molecule has 0 amide bonds. The fourth-order valence-corrected chi connectivity index (χ4v) is 1.96. The minimum atomic E-state index is 0.0377. The van der Waals surface area contributed by atoms with Crippen molar-refractivity contribution in [2.75, 3.05) is 20.6 Å². The van der Waals surface area contributed by atoms with Crippen molar-refractivity contribution in [3.63, 3.8) is 0 Å². The lowest BCUT2D eigenvalue weighted by Gasteiger charge is -2.11. The topological polar surface area (TPSA) is 30.2 Å². The van der Waals surface area contributed by atoms with Crippen molar-refractivity contribution in [3.8, 4) is 11.3 Å². The number of benzene rings is 1. The summed E-state index contributed by atoms with van der Waals surface area (Å²) in [5.41, 5.74) is 2.09. The number of nitrogens with zero attached hydrogens (tertiary/aromatic N) is 3. The van der Waals surface area contributed by atoms with E-state index in [-0.39, 0.29) is 5.69 Å². The number of aryl methyl sites for hydroxylation is 1. The molecule has 0 N–H and O–H groups in total. The van der Waals surface area contributed by atoms with E-state index in [9.17, 15) is 4.79 Å². The van der Waals surface area contributed by atoms with Gasteiger partial charge in [0.25, 0.3) is 0 Å². The molecule has 0 radical (unpaired) electrons. The zero-order valence-electron chi connectivity index (χ0n) is 11.1. The molecule has 0 aliphatic carbocycles. The van der Waals surface area contributed by atoms with E-state index in [0.29, 0.717) is 6.54 Å². The fourth-order valence-electron chi connectivity index (χ4n) is 1.96. The van der Waals surface area contributed by atoms with Crippen molar-refractivity contribution in [1.82, 2.24) is 14.0 Å². The fraction of sp³-hybridized carbons (Fsp3) is 0.357. The molecular weight excluding hydrogens is 226 g/mol. The van der Waals surface area contributed by atoms with Gasteiger partial charge in [0.1, 0.15) is 0 Å². The maximum absolute atomic E-state index is 12.1. The third kappa shape index (κ3) is 2.54. The summed E-state index contributed by atoms with van der Waals surface area (Å²) < 4.78 is 3.47. The first-order valence-electron chi connectivity index (χ1n) is 6.06. The van der Waals surface area contributed by atoms with Crippen LogP contribution in [0.3, 0.4) is 0 Å². The van der Waals surface area contributed by atoms with Crippen LogP contribution in [0, 0.1) is 0 Å². The van der Waals surface area contributed by atoms with Gasteiger partial charge in [0.05, 0.1) is 5.69 Å². The van der Waals surface area contributed by atoms with Gasteiger partial charge in [0.2, 0.25) is 0 Å². The third-order valence-electron chi connectivity index (χ3n) is 2.98. The van der Waals surface area contributed by atoms with Gasteiger partial charge in [-0.3, -0.25) is 4.57 Å². The van der Waals surface area contributed by atoms with E-state index in [1.54, 1.807) is 11.6 Å². The van der Waals surface area contributed by atoms with Crippen LogP contribution in [-0.2, 0) is 13.6 Å². The zero-order chi connectivity index (χ0) is 13.1. The largest absolute Gasteiger partial charge is 0.328 e. The molecule has 0 spiro atoms. The normalized spacial score (nSPS) is 11.1. The Morgan fingerprint density at radius 1 is 1.17 bits per heavy atom. The Morgan fingerprint density at radius 3 is 2.44 bits per heavy atom. The Hall–Kier alpha value is -1.81. The van der Waals surface area contributed by atoms with Crippen molar-refractivity contribution in [2.45, 2.75) is 6.54 Å². The van der Waals surface area contributed by atoms with E-state index in [1.165, 1.54) is 0 Å². The molecule has 18 heavy (non-hydrogen) atoms. The molecule has 0 saturated heterocycles. The van der Waals surface area contributed by atoms with Gasteiger partial charge in [-0.25, -0.2) is 4.79 Å². The highest BCUT2D eigenvalue weighted by molar-refractivity contribution is 5.58. The zero-order valence-corrected chi connectivity index (χ0v) is 11.1. The summed E-state index contributed by atoms with van der Waals surface area (Å²) in [6.45, 7) is 1.56. The van der Waals surface area contributed by atoms with E-state index in [2.05, 4.69) is 4.90 Å². The Balaban J connectivity index is 2.42. The summed E-state index contributed by atoms with van der Waals surface area (Å²) in [4.78, 5) is 14.2. The van der Waals surface area contributed by atoms with Crippen molar-refractivity contribution in [2.24, 2.45) is 7.05 Å². The minimum Gasteiger partial charge on any atom is -0.308 e. The molecule has 4 heteroatoms. The van der Waals surface area contributed by atoms with Gasteiger partial charge in [0, 0.05) is 26.3 Å². The lowest BCUT2D eigenvalue weighted by Crippen LogP contribution is -2.27. The minimum absolute atomic E-state index is 0.0377. The molecule has 0 atom stereocenters. The van der Waals surface area contributed by atoms with E-state index in [4.69, 9.17) is 0 Å². The summed E-state index contributed by atoms with van der Waals surface area (Å²) in [6, 6.07) is 10.0. The summed E-state index contributed by atoms with van der Waals surface area (Å²) in [5.74, 6) is 0. The SMILES string of the molecule is CN(C)CCn1c(-c2ccccc2)cn(C)c1=O. The standard InChI is InChI=1S/C14H19N3O/c1-15(2)9-10-17-13(11-16(3)14(17)18)12-7-5-4-6-8-12/h4-8,11H,9-10H2,1-3H3. The Bertz CT molecular complexity index is 566. The summed E-state index contributed by atoms with van der Waals surface area (Å²) >= 11 is 0. The number of hydrogen-bond acceptors (Lipinski definition) is 2. The van der Waals surface area contributed by atoms with Crippen LogP contribution in [0.2, 0.25) is 0 Å².